The first-order valence-corrected chi connectivity index (χ1v) is 5.96. The quantitative estimate of drug-likeness (QED) is 0.736. The predicted molar refractivity (Wildman–Crippen MR) is 65.1 cm³/mol. The maximum atomic E-state index is 3.75. The molecule has 0 spiro atoms. The molecule has 0 unspecified atom stereocenters. The van der Waals surface area contributed by atoms with E-state index in [0.29, 0.717) is 0 Å². The average molecular weight is 262 g/mol. The van der Waals surface area contributed by atoms with Crippen LogP contribution in [0.3, 0.4) is 0 Å². The molecule has 2 heterocycles. The van der Waals surface area contributed by atoms with E-state index >= 15 is 0 Å². The maximum Gasteiger partial charge on any atom is 0.150 e. The number of hydrogen-bond acceptors (Lipinski definition) is 7. The van der Waals surface area contributed by atoms with Crippen LogP contribution in [0.2, 0.25) is 0 Å². The Kier molecular flexibility index (Phi) is 4.81. The fourth-order valence-corrected chi connectivity index (χ4v) is 1.72. The van der Waals surface area contributed by atoms with Crippen LogP contribution >= 0.6 is 11.9 Å². The van der Waals surface area contributed by atoms with Gasteiger partial charge in [-0.3, -0.25) is 0 Å². The normalized spacial score (nSPS) is 9.56. The summed E-state index contributed by atoms with van der Waals surface area (Å²) in [6, 6.07) is 10.2. The first-order valence-electron chi connectivity index (χ1n) is 5.02. The second kappa shape index (κ2) is 7.12. The Morgan fingerprint density at radius 1 is 1.11 bits per heavy atom. The summed E-state index contributed by atoms with van der Waals surface area (Å²) in [5.41, 5.74) is 1.27. The molecule has 0 aliphatic heterocycles. The maximum absolute atomic E-state index is 3.75. The molecule has 92 valence electrons. The summed E-state index contributed by atoms with van der Waals surface area (Å²) in [6.45, 7) is 0. The molecule has 0 amide bonds. The minimum atomic E-state index is 0.881. The molecular formula is C9H10N8S. The second-order valence-corrected chi connectivity index (χ2v) is 3.96. The van der Waals surface area contributed by atoms with Crippen LogP contribution in [0.5, 0.6) is 0 Å². The summed E-state index contributed by atoms with van der Waals surface area (Å²) in [5, 5.41) is 22.9. The van der Waals surface area contributed by atoms with E-state index in [9.17, 15) is 0 Å². The molecule has 0 aliphatic rings. The largest absolute Gasteiger partial charge is 0.246 e. The van der Waals surface area contributed by atoms with Crippen molar-refractivity contribution >= 4 is 11.9 Å². The molecule has 1 N–H and O–H groups in total. The van der Waals surface area contributed by atoms with E-state index in [1.54, 1.807) is 22.4 Å². The highest BCUT2D eigenvalue weighted by Gasteiger charge is 1.94. The number of nitrogens with one attached hydrogen (secondary N) is 1. The minimum absolute atomic E-state index is 0.881. The van der Waals surface area contributed by atoms with Gasteiger partial charge in [0.2, 0.25) is 0 Å². The van der Waals surface area contributed by atoms with Crippen molar-refractivity contribution in [3.63, 3.8) is 0 Å². The van der Waals surface area contributed by atoms with E-state index in [4.69, 9.17) is 0 Å². The topological polar surface area (TPSA) is 98.1 Å². The summed E-state index contributed by atoms with van der Waals surface area (Å²) in [5.74, 6) is 0.881. The fourth-order valence-electron chi connectivity index (χ4n) is 1.06. The molecule has 0 radical (unpaired) electrons. The molecule has 0 saturated heterocycles. The molecular weight excluding hydrogens is 252 g/mol. The van der Waals surface area contributed by atoms with Crippen molar-refractivity contribution in [3.8, 4) is 0 Å². The molecule has 0 aliphatic carbocycles. The highest BCUT2D eigenvalue weighted by Crippen LogP contribution is 2.11. The third-order valence-corrected chi connectivity index (χ3v) is 2.70. The lowest BCUT2D eigenvalue weighted by Crippen LogP contribution is -1.89. The highest BCUT2D eigenvalue weighted by molar-refractivity contribution is 7.96. The van der Waals surface area contributed by atoms with Gasteiger partial charge in [-0.05, 0) is 38.4 Å². The number of hydrogen-bond donors (Lipinski definition) is 1. The molecule has 3 rings (SSSR count). The van der Waals surface area contributed by atoms with Gasteiger partial charge in [-0.15, -0.1) is 10.2 Å². The van der Waals surface area contributed by atoms with Crippen molar-refractivity contribution in [2.75, 3.05) is 0 Å². The molecule has 0 saturated carbocycles. The summed E-state index contributed by atoms with van der Waals surface area (Å²) < 4.78 is 1.65. The van der Waals surface area contributed by atoms with Gasteiger partial charge in [-0.1, -0.05) is 30.3 Å². The van der Waals surface area contributed by atoms with Crippen molar-refractivity contribution in [2.24, 2.45) is 0 Å². The van der Waals surface area contributed by atoms with Gasteiger partial charge in [0.25, 0.3) is 0 Å². The molecule has 0 bridgehead atoms. The number of aromatic amines is 1. The Hall–Kier alpha value is -2.29. The molecule has 0 fully saturated rings. The number of aromatic nitrogens is 8. The minimum Gasteiger partial charge on any atom is -0.246 e. The molecule has 8 nitrogen and oxygen atoms in total. The zero-order valence-electron chi connectivity index (χ0n) is 9.29. The Morgan fingerprint density at radius 2 is 2.00 bits per heavy atom. The number of H-pyrrole nitrogens is 1. The summed E-state index contributed by atoms with van der Waals surface area (Å²) >= 11 is 1.56. The van der Waals surface area contributed by atoms with Crippen molar-refractivity contribution in [3.05, 3.63) is 48.5 Å². The van der Waals surface area contributed by atoms with E-state index in [-0.39, 0.29) is 0 Å². The third kappa shape index (κ3) is 4.29. The highest BCUT2D eigenvalue weighted by atomic mass is 32.2. The van der Waals surface area contributed by atoms with Crippen molar-refractivity contribution in [2.45, 2.75) is 5.75 Å². The summed E-state index contributed by atoms with van der Waals surface area (Å²) in [4.78, 5) is 0. The first kappa shape index (κ1) is 12.2. The van der Waals surface area contributed by atoms with Gasteiger partial charge in [0, 0.05) is 5.75 Å². The summed E-state index contributed by atoms with van der Waals surface area (Å²) in [7, 11) is 0. The van der Waals surface area contributed by atoms with Crippen LogP contribution in [0, 0.1) is 0 Å². The van der Waals surface area contributed by atoms with Crippen LogP contribution in [-0.2, 0) is 5.75 Å². The molecule has 18 heavy (non-hydrogen) atoms. The van der Waals surface area contributed by atoms with Gasteiger partial charge < -0.3 is 0 Å². The summed E-state index contributed by atoms with van der Waals surface area (Å²) in [6.07, 6.45) is 2.99. The van der Waals surface area contributed by atoms with Crippen LogP contribution in [0.4, 0.5) is 0 Å². The van der Waals surface area contributed by atoms with Gasteiger partial charge in [0.1, 0.15) is 6.33 Å². The number of benzene rings is 1. The molecule has 0 atom stereocenters. The average Bonchev–Trinajstić information content (AvgIpc) is 3.13. The van der Waals surface area contributed by atoms with Crippen molar-refractivity contribution in [1.29, 1.82) is 0 Å². The van der Waals surface area contributed by atoms with Gasteiger partial charge >= 0.3 is 0 Å². The van der Waals surface area contributed by atoms with Crippen LogP contribution in [0.25, 0.3) is 0 Å². The number of nitrogens with zero attached hydrogens (tertiary/aromatic N) is 7. The lowest BCUT2D eigenvalue weighted by molar-refractivity contribution is 0.852. The van der Waals surface area contributed by atoms with Gasteiger partial charge in [-0.2, -0.15) is 4.09 Å². The van der Waals surface area contributed by atoms with Crippen LogP contribution < -0.4 is 0 Å². The zero-order chi connectivity index (χ0) is 12.5. The lowest BCUT2D eigenvalue weighted by atomic mass is 10.2. The third-order valence-electron chi connectivity index (χ3n) is 1.81. The van der Waals surface area contributed by atoms with Gasteiger partial charge in [0.15, 0.2) is 6.33 Å². The Labute approximate surface area is 107 Å². The number of tetrazole rings is 2. The molecule has 2 aromatic heterocycles. The number of rotatable bonds is 3. The van der Waals surface area contributed by atoms with E-state index < -0.39 is 0 Å². The standard InChI is InChI=1S/C8H8N4S.CH2N4/c1-2-4-8(5-3-1)6-13-12-7-9-10-11-12;1-2-4-5-3-1/h1-5,7H,6H2;1H,(H,2,3,4,5). The van der Waals surface area contributed by atoms with Crippen molar-refractivity contribution < 1.29 is 0 Å². The molecule has 3 aromatic rings. The lowest BCUT2D eigenvalue weighted by Gasteiger charge is -1.98. The first-order chi connectivity index (χ1) is 8.95. The smallest absolute Gasteiger partial charge is 0.150 e. The van der Waals surface area contributed by atoms with E-state index in [1.165, 1.54) is 11.9 Å². The van der Waals surface area contributed by atoms with E-state index in [0.717, 1.165) is 5.75 Å². The van der Waals surface area contributed by atoms with Crippen molar-refractivity contribution in [1.82, 2.24) is 40.2 Å². The fraction of sp³-hybridized carbons (Fsp3) is 0.111. The second-order valence-electron chi connectivity index (χ2n) is 3.03. The Morgan fingerprint density at radius 3 is 2.56 bits per heavy atom. The van der Waals surface area contributed by atoms with Gasteiger partial charge in [0.05, 0.1) is 0 Å². The SMILES string of the molecule is c1ccc(CSn2cnnn2)cc1.c1nnn[nH]1. The molecule has 9 heteroatoms. The van der Waals surface area contributed by atoms with E-state index in [2.05, 4.69) is 48.3 Å². The predicted octanol–water partition coefficient (Wildman–Crippen LogP) is 0.569. The van der Waals surface area contributed by atoms with Crippen LogP contribution in [0.1, 0.15) is 5.56 Å². The van der Waals surface area contributed by atoms with Crippen LogP contribution in [0.15, 0.2) is 43.0 Å². The monoisotopic (exact) mass is 262 g/mol. The van der Waals surface area contributed by atoms with Gasteiger partial charge in [-0.25, -0.2) is 5.10 Å². The van der Waals surface area contributed by atoms with E-state index in [1.807, 2.05) is 18.2 Å². The molecule has 1 aromatic carbocycles. The Bertz CT molecular complexity index is 492. The Balaban J connectivity index is 0.000000202. The van der Waals surface area contributed by atoms with Crippen LogP contribution in [-0.4, -0.2) is 40.2 Å². The zero-order valence-corrected chi connectivity index (χ0v) is 10.1.